The van der Waals surface area contributed by atoms with E-state index in [-0.39, 0.29) is 17.5 Å². The Morgan fingerprint density at radius 3 is 2.75 bits per heavy atom. The van der Waals surface area contributed by atoms with Gasteiger partial charge in [-0.25, -0.2) is 8.42 Å². The maximum absolute atomic E-state index is 11.0. The minimum Gasteiger partial charge on any atom is -0.308 e. The summed E-state index contributed by atoms with van der Waals surface area (Å²) in [5.74, 6) is 0.469. The maximum atomic E-state index is 11.0. The molecule has 1 fully saturated rings. The molecule has 1 heterocycles. The molecule has 0 spiro atoms. The highest BCUT2D eigenvalue weighted by Crippen LogP contribution is 2.21. The molecule has 1 aliphatic rings. The van der Waals surface area contributed by atoms with Gasteiger partial charge in [-0.2, -0.15) is 0 Å². The lowest BCUT2D eigenvalue weighted by Gasteiger charge is -2.26. The molecule has 0 saturated carbocycles. The topological polar surface area (TPSA) is 46.2 Å². The van der Waals surface area contributed by atoms with E-state index in [1.165, 1.54) is 0 Å². The second-order valence-electron chi connectivity index (χ2n) is 3.89. The summed E-state index contributed by atoms with van der Waals surface area (Å²) in [7, 11) is -2.76. The standard InChI is InChI=1S/C10H11BrClNO2S/c11-8-1-2-10(12)7(3-8)4-13-9-5-16(14,15)6-9/h1-3,9,13H,4-6H2. The predicted molar refractivity (Wildman–Crippen MR) is 68.4 cm³/mol. The molecule has 0 aromatic heterocycles. The fourth-order valence-corrected chi connectivity index (χ4v) is 3.57. The summed E-state index contributed by atoms with van der Waals surface area (Å²) in [6.45, 7) is 0.596. The van der Waals surface area contributed by atoms with E-state index in [0.29, 0.717) is 11.6 Å². The molecule has 0 aliphatic carbocycles. The smallest absolute Gasteiger partial charge is 0.153 e. The number of sulfone groups is 1. The van der Waals surface area contributed by atoms with Crippen molar-refractivity contribution in [2.45, 2.75) is 12.6 Å². The molecule has 0 atom stereocenters. The largest absolute Gasteiger partial charge is 0.308 e. The molecule has 0 bridgehead atoms. The van der Waals surface area contributed by atoms with E-state index in [9.17, 15) is 8.42 Å². The molecule has 1 aromatic carbocycles. The number of benzene rings is 1. The minimum absolute atomic E-state index is 0.0695. The van der Waals surface area contributed by atoms with E-state index in [4.69, 9.17) is 11.6 Å². The second-order valence-corrected chi connectivity index (χ2v) is 7.37. The lowest BCUT2D eigenvalue weighted by molar-refractivity contribution is 0.511. The summed E-state index contributed by atoms with van der Waals surface area (Å²) < 4.78 is 22.9. The van der Waals surface area contributed by atoms with Crippen LogP contribution in [0.3, 0.4) is 0 Å². The monoisotopic (exact) mass is 323 g/mol. The Bertz CT molecular complexity index is 492. The van der Waals surface area contributed by atoms with Gasteiger partial charge in [0.05, 0.1) is 11.5 Å². The maximum Gasteiger partial charge on any atom is 0.153 e. The fourth-order valence-electron chi connectivity index (χ4n) is 1.62. The van der Waals surface area contributed by atoms with Crippen molar-refractivity contribution in [3.8, 4) is 0 Å². The fraction of sp³-hybridized carbons (Fsp3) is 0.400. The Labute approximate surface area is 108 Å². The molecular formula is C10H11BrClNO2S. The quantitative estimate of drug-likeness (QED) is 0.925. The first-order chi connectivity index (χ1) is 7.46. The van der Waals surface area contributed by atoms with Crippen LogP contribution in [0, 0.1) is 0 Å². The Kier molecular flexibility index (Phi) is 3.59. The summed E-state index contributed by atoms with van der Waals surface area (Å²) >= 11 is 9.39. The Morgan fingerprint density at radius 1 is 1.44 bits per heavy atom. The van der Waals surface area contributed by atoms with Crippen LogP contribution in [0.2, 0.25) is 5.02 Å². The van der Waals surface area contributed by atoms with Gasteiger partial charge in [0.1, 0.15) is 0 Å². The van der Waals surface area contributed by atoms with Crippen molar-refractivity contribution in [1.82, 2.24) is 5.32 Å². The van der Waals surface area contributed by atoms with E-state index < -0.39 is 9.84 Å². The van der Waals surface area contributed by atoms with Crippen molar-refractivity contribution in [2.24, 2.45) is 0 Å². The van der Waals surface area contributed by atoms with Crippen molar-refractivity contribution in [1.29, 1.82) is 0 Å². The summed E-state index contributed by atoms with van der Waals surface area (Å²) in [4.78, 5) is 0. The summed E-state index contributed by atoms with van der Waals surface area (Å²) in [5.41, 5.74) is 0.973. The van der Waals surface area contributed by atoms with E-state index in [2.05, 4.69) is 21.2 Å². The first-order valence-corrected chi connectivity index (χ1v) is 7.83. The molecule has 88 valence electrons. The zero-order chi connectivity index (χ0) is 11.8. The molecule has 6 heteroatoms. The highest BCUT2D eigenvalue weighted by molar-refractivity contribution is 9.10. The number of nitrogens with one attached hydrogen (secondary N) is 1. The van der Waals surface area contributed by atoms with Gasteiger partial charge in [0, 0.05) is 22.1 Å². The second kappa shape index (κ2) is 4.64. The average Bonchev–Trinajstić information content (AvgIpc) is 2.16. The molecule has 1 N–H and O–H groups in total. The van der Waals surface area contributed by atoms with E-state index in [1.807, 2.05) is 18.2 Å². The Balaban J connectivity index is 1.93. The number of hydrogen-bond acceptors (Lipinski definition) is 3. The molecule has 0 radical (unpaired) electrons. The van der Waals surface area contributed by atoms with Crippen LogP contribution in [0.15, 0.2) is 22.7 Å². The third-order valence-electron chi connectivity index (χ3n) is 2.50. The molecule has 0 unspecified atom stereocenters. The summed E-state index contributed by atoms with van der Waals surface area (Å²) in [6, 6.07) is 5.70. The molecule has 0 amide bonds. The van der Waals surface area contributed by atoms with Gasteiger partial charge < -0.3 is 5.32 Å². The molecule has 1 saturated heterocycles. The van der Waals surface area contributed by atoms with Gasteiger partial charge in [-0.3, -0.25) is 0 Å². The van der Waals surface area contributed by atoms with Crippen LogP contribution in [0.5, 0.6) is 0 Å². The lowest BCUT2D eigenvalue weighted by atomic mass is 10.2. The van der Waals surface area contributed by atoms with Crippen molar-refractivity contribution in [3.63, 3.8) is 0 Å². The molecule has 3 nitrogen and oxygen atoms in total. The lowest BCUT2D eigenvalue weighted by Crippen LogP contribution is -2.50. The van der Waals surface area contributed by atoms with Crippen molar-refractivity contribution >= 4 is 37.4 Å². The Morgan fingerprint density at radius 2 is 2.12 bits per heavy atom. The first-order valence-electron chi connectivity index (χ1n) is 4.84. The van der Waals surface area contributed by atoms with Crippen LogP contribution >= 0.6 is 27.5 Å². The third-order valence-corrected chi connectivity index (χ3v) is 5.18. The zero-order valence-electron chi connectivity index (χ0n) is 8.41. The average molecular weight is 325 g/mol. The van der Waals surface area contributed by atoms with Crippen LogP contribution in [-0.4, -0.2) is 26.0 Å². The van der Waals surface area contributed by atoms with Crippen LogP contribution in [0.4, 0.5) is 0 Å². The molecular weight excluding hydrogens is 314 g/mol. The van der Waals surface area contributed by atoms with E-state index >= 15 is 0 Å². The zero-order valence-corrected chi connectivity index (χ0v) is 11.6. The Hall–Kier alpha value is -0.100. The number of halogens is 2. The highest BCUT2D eigenvalue weighted by atomic mass is 79.9. The summed E-state index contributed by atoms with van der Waals surface area (Å²) in [6.07, 6.45) is 0. The van der Waals surface area contributed by atoms with Gasteiger partial charge in [-0.05, 0) is 23.8 Å². The SMILES string of the molecule is O=S1(=O)CC(NCc2cc(Br)ccc2Cl)C1. The predicted octanol–water partition coefficient (Wildman–Crippen LogP) is 1.99. The van der Waals surface area contributed by atoms with Crippen LogP contribution in [0.25, 0.3) is 0 Å². The van der Waals surface area contributed by atoms with Crippen LogP contribution < -0.4 is 5.32 Å². The summed E-state index contributed by atoms with van der Waals surface area (Å²) in [5, 5.41) is 3.87. The third kappa shape index (κ3) is 2.97. The van der Waals surface area contributed by atoms with E-state index in [1.54, 1.807) is 0 Å². The normalized spacial score (nSPS) is 19.4. The van der Waals surface area contributed by atoms with Gasteiger partial charge >= 0.3 is 0 Å². The van der Waals surface area contributed by atoms with Gasteiger partial charge in [0.25, 0.3) is 0 Å². The molecule has 2 rings (SSSR count). The van der Waals surface area contributed by atoms with Crippen LogP contribution in [0.1, 0.15) is 5.56 Å². The number of hydrogen-bond donors (Lipinski definition) is 1. The van der Waals surface area contributed by atoms with E-state index in [0.717, 1.165) is 10.0 Å². The molecule has 16 heavy (non-hydrogen) atoms. The first kappa shape index (κ1) is 12.4. The van der Waals surface area contributed by atoms with Crippen molar-refractivity contribution < 1.29 is 8.42 Å². The molecule has 1 aromatic rings. The molecule has 1 aliphatic heterocycles. The number of rotatable bonds is 3. The van der Waals surface area contributed by atoms with Crippen LogP contribution in [-0.2, 0) is 16.4 Å². The van der Waals surface area contributed by atoms with Gasteiger partial charge in [-0.1, -0.05) is 27.5 Å². The van der Waals surface area contributed by atoms with Gasteiger partial charge in [-0.15, -0.1) is 0 Å². The van der Waals surface area contributed by atoms with Crippen molar-refractivity contribution in [2.75, 3.05) is 11.5 Å². The minimum atomic E-state index is -2.76. The highest BCUT2D eigenvalue weighted by Gasteiger charge is 2.32. The van der Waals surface area contributed by atoms with Crippen molar-refractivity contribution in [3.05, 3.63) is 33.3 Å². The van der Waals surface area contributed by atoms with Gasteiger partial charge in [0.15, 0.2) is 9.84 Å². The van der Waals surface area contributed by atoms with Gasteiger partial charge in [0.2, 0.25) is 0 Å².